The lowest BCUT2D eigenvalue weighted by molar-refractivity contribution is 0.400. The summed E-state index contributed by atoms with van der Waals surface area (Å²) in [5.41, 5.74) is 1.61. The summed E-state index contributed by atoms with van der Waals surface area (Å²) in [7, 11) is 8.90. The molecule has 12 heavy (non-hydrogen) atoms. The molecule has 0 aliphatic rings. The first kappa shape index (κ1) is 8.98. The van der Waals surface area contributed by atoms with E-state index in [9.17, 15) is 0 Å². The Morgan fingerprint density at radius 2 is 1.50 bits per heavy atom. The third-order valence-corrected chi connectivity index (χ3v) is 1.69. The van der Waals surface area contributed by atoms with Crippen molar-refractivity contribution in [2.24, 2.45) is 0 Å². The van der Waals surface area contributed by atoms with E-state index in [4.69, 9.17) is 17.3 Å². The summed E-state index contributed by atoms with van der Waals surface area (Å²) in [6, 6.07) is 3.75. The maximum absolute atomic E-state index is 5.72. The zero-order valence-corrected chi connectivity index (χ0v) is 7.55. The zero-order chi connectivity index (χ0) is 9.14. The fourth-order valence-corrected chi connectivity index (χ4v) is 1.07. The number of hydrogen-bond donors (Lipinski definition) is 0. The van der Waals surface area contributed by atoms with Gasteiger partial charge >= 0.3 is 0 Å². The van der Waals surface area contributed by atoms with Crippen molar-refractivity contribution in [3.63, 3.8) is 0 Å². The third-order valence-electron chi connectivity index (χ3n) is 1.69. The van der Waals surface area contributed by atoms with E-state index in [0.717, 1.165) is 5.56 Å². The van der Waals surface area contributed by atoms with Crippen LogP contribution in [0.4, 0.5) is 0 Å². The van der Waals surface area contributed by atoms with Crippen LogP contribution in [0.15, 0.2) is 12.1 Å². The van der Waals surface area contributed by atoms with Gasteiger partial charge in [0.1, 0.15) is 19.3 Å². The van der Waals surface area contributed by atoms with E-state index in [2.05, 4.69) is 0 Å². The maximum atomic E-state index is 5.72. The van der Waals surface area contributed by atoms with Gasteiger partial charge in [0, 0.05) is 0 Å². The fraction of sp³-hybridized carbons (Fsp3) is 0.333. The largest absolute Gasteiger partial charge is 0.497 e. The van der Waals surface area contributed by atoms with Crippen LogP contribution in [0, 0.1) is 6.92 Å². The number of rotatable bonds is 2. The third kappa shape index (κ3) is 1.55. The Bertz CT molecular complexity index is 259. The summed E-state index contributed by atoms with van der Waals surface area (Å²) >= 11 is 0. The Hall–Kier alpha value is -1.12. The minimum absolute atomic E-state index is 0.547. The Morgan fingerprint density at radius 3 is 1.83 bits per heavy atom. The van der Waals surface area contributed by atoms with E-state index in [1.165, 1.54) is 0 Å². The van der Waals surface area contributed by atoms with Gasteiger partial charge in [0.2, 0.25) is 0 Å². The van der Waals surface area contributed by atoms with Gasteiger partial charge in [0.05, 0.1) is 14.2 Å². The van der Waals surface area contributed by atoms with Crippen LogP contribution in [0.3, 0.4) is 0 Å². The van der Waals surface area contributed by atoms with Crippen molar-refractivity contribution in [2.45, 2.75) is 6.92 Å². The molecule has 0 bridgehead atoms. The van der Waals surface area contributed by atoms with Gasteiger partial charge in [-0.1, -0.05) is 0 Å². The van der Waals surface area contributed by atoms with Crippen molar-refractivity contribution < 1.29 is 9.47 Å². The molecule has 0 saturated heterocycles. The summed E-state index contributed by atoms with van der Waals surface area (Å²) in [6.07, 6.45) is 0. The fourth-order valence-electron chi connectivity index (χ4n) is 1.07. The molecular formula is C9H11BO2. The minimum Gasteiger partial charge on any atom is -0.497 e. The second-order valence-corrected chi connectivity index (χ2v) is 2.58. The molecule has 0 fully saturated rings. The standard InChI is InChI=1S/C9H11BO2/c1-6-4-7(11-2)9(10)8(5-6)12-3/h4-5H,1-3H3. The van der Waals surface area contributed by atoms with Crippen LogP contribution in [-0.2, 0) is 0 Å². The maximum Gasteiger partial charge on any atom is 0.124 e. The topological polar surface area (TPSA) is 18.5 Å². The van der Waals surface area contributed by atoms with Crippen molar-refractivity contribution in [3.05, 3.63) is 17.7 Å². The first-order valence-corrected chi connectivity index (χ1v) is 3.67. The van der Waals surface area contributed by atoms with Crippen molar-refractivity contribution in [2.75, 3.05) is 14.2 Å². The summed E-state index contributed by atoms with van der Waals surface area (Å²) in [6.45, 7) is 1.96. The molecule has 2 radical (unpaired) electrons. The lowest BCUT2D eigenvalue weighted by atomic mass is 9.92. The molecule has 2 nitrogen and oxygen atoms in total. The Morgan fingerprint density at radius 1 is 1.08 bits per heavy atom. The van der Waals surface area contributed by atoms with Gasteiger partial charge in [-0.3, -0.25) is 0 Å². The molecule has 0 aliphatic heterocycles. The molecule has 0 aliphatic carbocycles. The normalized spacial score (nSPS) is 9.58. The van der Waals surface area contributed by atoms with Gasteiger partial charge in [0.15, 0.2) is 0 Å². The molecule has 0 spiro atoms. The van der Waals surface area contributed by atoms with Crippen LogP contribution in [0.2, 0.25) is 0 Å². The molecule has 3 heteroatoms. The van der Waals surface area contributed by atoms with E-state index in [0.29, 0.717) is 17.0 Å². The molecule has 1 aromatic rings. The highest BCUT2D eigenvalue weighted by Crippen LogP contribution is 2.17. The molecular weight excluding hydrogens is 151 g/mol. The average molecular weight is 162 g/mol. The molecule has 0 atom stereocenters. The highest BCUT2D eigenvalue weighted by molar-refractivity contribution is 6.36. The van der Waals surface area contributed by atoms with Crippen LogP contribution in [0.25, 0.3) is 0 Å². The molecule has 0 unspecified atom stereocenters. The highest BCUT2D eigenvalue weighted by Gasteiger charge is 2.04. The summed E-state index contributed by atoms with van der Waals surface area (Å²) < 4.78 is 10.1. The van der Waals surface area contributed by atoms with Crippen molar-refractivity contribution in [1.82, 2.24) is 0 Å². The molecule has 0 N–H and O–H groups in total. The number of aryl methyl sites for hydroxylation is 1. The molecule has 0 amide bonds. The summed E-state index contributed by atoms with van der Waals surface area (Å²) in [5.74, 6) is 1.32. The van der Waals surface area contributed by atoms with Crippen molar-refractivity contribution in [1.29, 1.82) is 0 Å². The predicted octanol–water partition coefficient (Wildman–Crippen LogP) is 0.806. The van der Waals surface area contributed by atoms with E-state index < -0.39 is 0 Å². The lowest BCUT2D eigenvalue weighted by Gasteiger charge is -2.10. The van der Waals surface area contributed by atoms with Crippen LogP contribution >= 0.6 is 0 Å². The van der Waals surface area contributed by atoms with Crippen LogP contribution in [-0.4, -0.2) is 22.1 Å². The van der Waals surface area contributed by atoms with Crippen molar-refractivity contribution in [3.8, 4) is 11.5 Å². The second-order valence-electron chi connectivity index (χ2n) is 2.58. The van der Waals surface area contributed by atoms with Gasteiger partial charge < -0.3 is 9.47 Å². The van der Waals surface area contributed by atoms with Gasteiger partial charge in [-0.2, -0.15) is 0 Å². The van der Waals surface area contributed by atoms with Crippen LogP contribution in [0.1, 0.15) is 5.56 Å². The molecule has 0 aromatic heterocycles. The van der Waals surface area contributed by atoms with E-state index in [1.54, 1.807) is 14.2 Å². The Kier molecular flexibility index (Phi) is 2.63. The van der Waals surface area contributed by atoms with Crippen LogP contribution < -0.4 is 14.9 Å². The highest BCUT2D eigenvalue weighted by atomic mass is 16.5. The number of hydrogen-bond acceptors (Lipinski definition) is 2. The van der Waals surface area contributed by atoms with Crippen molar-refractivity contribution >= 4 is 13.3 Å². The minimum atomic E-state index is 0.547. The zero-order valence-electron chi connectivity index (χ0n) is 7.55. The van der Waals surface area contributed by atoms with Gasteiger partial charge in [-0.25, -0.2) is 0 Å². The summed E-state index contributed by atoms with van der Waals surface area (Å²) in [5, 5.41) is 0. The molecule has 0 saturated carbocycles. The second kappa shape index (κ2) is 3.52. The average Bonchev–Trinajstić information content (AvgIpc) is 2.08. The van der Waals surface area contributed by atoms with E-state index in [1.807, 2.05) is 19.1 Å². The van der Waals surface area contributed by atoms with E-state index >= 15 is 0 Å². The monoisotopic (exact) mass is 162 g/mol. The first-order valence-electron chi connectivity index (χ1n) is 3.67. The quantitative estimate of drug-likeness (QED) is 0.599. The Labute approximate surface area is 73.9 Å². The van der Waals surface area contributed by atoms with Gasteiger partial charge in [-0.05, 0) is 30.1 Å². The molecule has 1 aromatic carbocycles. The lowest BCUT2D eigenvalue weighted by Crippen LogP contribution is -2.11. The molecule has 0 heterocycles. The van der Waals surface area contributed by atoms with Gasteiger partial charge in [0.25, 0.3) is 0 Å². The molecule has 1 rings (SSSR count). The first-order chi connectivity index (χ1) is 5.69. The number of ether oxygens (including phenoxy) is 2. The predicted molar refractivity (Wildman–Crippen MR) is 49.7 cm³/mol. The number of methoxy groups -OCH3 is 2. The summed E-state index contributed by atoms with van der Waals surface area (Å²) in [4.78, 5) is 0. The van der Waals surface area contributed by atoms with Crippen LogP contribution in [0.5, 0.6) is 11.5 Å². The Balaban J connectivity index is 3.22. The molecule has 62 valence electrons. The van der Waals surface area contributed by atoms with E-state index in [-0.39, 0.29) is 0 Å². The number of benzene rings is 1. The SMILES string of the molecule is [B]c1c(OC)cc(C)cc1OC. The smallest absolute Gasteiger partial charge is 0.124 e. The van der Waals surface area contributed by atoms with Gasteiger partial charge in [-0.15, -0.1) is 0 Å².